The summed E-state index contributed by atoms with van der Waals surface area (Å²) in [5, 5.41) is 16.9. The number of carbonyl (C=O) groups is 2. The molecule has 31 heavy (non-hydrogen) atoms. The van der Waals surface area contributed by atoms with E-state index in [4.69, 9.17) is 0 Å². The topological polar surface area (TPSA) is 89.8 Å². The second kappa shape index (κ2) is 9.67. The summed E-state index contributed by atoms with van der Waals surface area (Å²) in [6, 6.07) is 20.4. The lowest BCUT2D eigenvalue weighted by molar-refractivity contribution is -0.115. The van der Waals surface area contributed by atoms with E-state index in [2.05, 4.69) is 20.8 Å². The second-order valence-electron chi connectivity index (χ2n) is 6.73. The third-order valence-corrected chi connectivity index (χ3v) is 6.57. The minimum absolute atomic E-state index is 0.0576. The Hall–Kier alpha value is -3.30. The van der Waals surface area contributed by atoms with Crippen molar-refractivity contribution in [1.29, 1.82) is 0 Å². The number of anilines is 1. The van der Waals surface area contributed by atoms with Crippen LogP contribution in [0.25, 0.3) is 0 Å². The van der Waals surface area contributed by atoms with Gasteiger partial charge < -0.3 is 5.32 Å². The zero-order valence-corrected chi connectivity index (χ0v) is 18.3. The predicted octanol–water partition coefficient (Wildman–Crippen LogP) is 4.46. The maximum Gasteiger partial charge on any atom is 0.242 e. The van der Waals surface area contributed by atoms with Crippen LogP contribution in [-0.2, 0) is 11.3 Å². The SMILES string of the molecule is CC(=O)c1cccc(NC(=O)[C@@H](Sc2nnnn2Cc2cccs2)c2ccccc2)c1. The summed E-state index contributed by atoms with van der Waals surface area (Å²) in [5.41, 5.74) is 1.94. The molecule has 0 bridgehead atoms. The molecule has 0 unspecified atom stereocenters. The van der Waals surface area contributed by atoms with Gasteiger partial charge in [0.25, 0.3) is 0 Å². The fourth-order valence-electron chi connectivity index (χ4n) is 2.96. The van der Waals surface area contributed by atoms with Crippen molar-refractivity contribution in [3.63, 3.8) is 0 Å². The first-order valence-electron chi connectivity index (χ1n) is 9.52. The Morgan fingerprint density at radius 2 is 1.94 bits per heavy atom. The van der Waals surface area contributed by atoms with Gasteiger partial charge in [0.05, 0.1) is 6.54 Å². The largest absolute Gasteiger partial charge is 0.325 e. The van der Waals surface area contributed by atoms with E-state index in [1.807, 2.05) is 47.8 Å². The minimum atomic E-state index is -0.574. The summed E-state index contributed by atoms with van der Waals surface area (Å²) in [7, 11) is 0. The molecule has 156 valence electrons. The predicted molar refractivity (Wildman–Crippen MR) is 121 cm³/mol. The Kier molecular flexibility index (Phi) is 6.54. The molecule has 4 aromatic rings. The van der Waals surface area contributed by atoms with Crippen LogP contribution in [0.3, 0.4) is 0 Å². The van der Waals surface area contributed by atoms with E-state index in [1.54, 1.807) is 40.3 Å². The van der Waals surface area contributed by atoms with E-state index in [9.17, 15) is 9.59 Å². The number of thiophene rings is 1. The lowest BCUT2D eigenvalue weighted by Gasteiger charge is -2.17. The summed E-state index contributed by atoms with van der Waals surface area (Å²) in [4.78, 5) is 26.1. The van der Waals surface area contributed by atoms with E-state index >= 15 is 0 Å². The lowest BCUT2D eigenvalue weighted by atomic mass is 10.1. The zero-order valence-electron chi connectivity index (χ0n) is 16.6. The first-order valence-corrected chi connectivity index (χ1v) is 11.3. The van der Waals surface area contributed by atoms with Crippen molar-refractivity contribution in [2.75, 3.05) is 5.32 Å². The molecule has 0 aliphatic carbocycles. The Morgan fingerprint density at radius 3 is 2.68 bits per heavy atom. The van der Waals surface area contributed by atoms with Crippen molar-refractivity contribution >= 4 is 40.5 Å². The van der Waals surface area contributed by atoms with Crippen LogP contribution in [0, 0.1) is 0 Å². The second-order valence-corrected chi connectivity index (χ2v) is 8.84. The zero-order chi connectivity index (χ0) is 21.6. The van der Waals surface area contributed by atoms with E-state index in [0.29, 0.717) is 23.0 Å². The Balaban J connectivity index is 1.59. The van der Waals surface area contributed by atoms with Gasteiger partial charge in [-0.05, 0) is 46.5 Å². The molecule has 1 atom stereocenters. The molecular formula is C22H19N5O2S2. The van der Waals surface area contributed by atoms with Crippen LogP contribution in [0.2, 0.25) is 0 Å². The van der Waals surface area contributed by atoms with Gasteiger partial charge >= 0.3 is 0 Å². The average Bonchev–Trinajstić information content (AvgIpc) is 3.45. The summed E-state index contributed by atoms with van der Waals surface area (Å²) in [6.45, 7) is 2.04. The van der Waals surface area contributed by atoms with Crippen molar-refractivity contribution in [3.05, 3.63) is 88.1 Å². The molecule has 1 N–H and O–H groups in total. The molecule has 2 aromatic heterocycles. The van der Waals surface area contributed by atoms with Gasteiger partial charge in [0.1, 0.15) is 5.25 Å². The van der Waals surface area contributed by atoms with Gasteiger partial charge in [-0.3, -0.25) is 9.59 Å². The molecule has 2 heterocycles. The monoisotopic (exact) mass is 449 g/mol. The van der Waals surface area contributed by atoms with Crippen molar-refractivity contribution in [2.45, 2.75) is 23.9 Å². The third kappa shape index (κ3) is 5.25. The van der Waals surface area contributed by atoms with E-state index in [-0.39, 0.29) is 11.7 Å². The van der Waals surface area contributed by atoms with Crippen molar-refractivity contribution < 1.29 is 9.59 Å². The molecule has 0 saturated heterocycles. The van der Waals surface area contributed by atoms with Gasteiger partial charge in [0.2, 0.25) is 11.1 Å². The van der Waals surface area contributed by atoms with Crippen LogP contribution in [0.4, 0.5) is 5.69 Å². The number of rotatable bonds is 8. The maximum atomic E-state index is 13.3. The number of amides is 1. The van der Waals surface area contributed by atoms with E-state index in [0.717, 1.165) is 10.4 Å². The molecule has 0 radical (unpaired) electrons. The first-order chi connectivity index (χ1) is 15.1. The van der Waals surface area contributed by atoms with E-state index in [1.165, 1.54) is 18.7 Å². The molecule has 1 amide bonds. The van der Waals surface area contributed by atoms with E-state index < -0.39 is 5.25 Å². The fraction of sp³-hybridized carbons (Fsp3) is 0.136. The normalized spacial score (nSPS) is 11.8. The number of Topliss-reactive ketones (excluding diaryl/α,β-unsaturated/α-hetero) is 1. The number of ketones is 1. The molecule has 4 rings (SSSR count). The fourth-order valence-corrected chi connectivity index (χ4v) is 4.62. The van der Waals surface area contributed by atoms with Crippen LogP contribution in [0.1, 0.15) is 33.0 Å². The van der Waals surface area contributed by atoms with Gasteiger partial charge in [-0.25, -0.2) is 4.68 Å². The van der Waals surface area contributed by atoms with Gasteiger partial charge in [0, 0.05) is 16.1 Å². The number of nitrogens with zero attached hydrogens (tertiary/aromatic N) is 4. The smallest absolute Gasteiger partial charge is 0.242 e. The highest BCUT2D eigenvalue weighted by Gasteiger charge is 2.25. The molecular weight excluding hydrogens is 430 g/mol. The first kappa shape index (κ1) is 21.0. The molecule has 0 fully saturated rings. The maximum absolute atomic E-state index is 13.3. The number of carbonyl (C=O) groups excluding carboxylic acids is 2. The number of tetrazole rings is 1. The molecule has 9 heteroatoms. The van der Waals surface area contributed by atoms with Gasteiger partial charge in [-0.1, -0.05) is 60.3 Å². The Labute approximate surface area is 187 Å². The van der Waals surface area contributed by atoms with Gasteiger partial charge in [0.15, 0.2) is 5.78 Å². The molecule has 0 aliphatic rings. The van der Waals surface area contributed by atoms with Crippen LogP contribution in [-0.4, -0.2) is 31.9 Å². The quantitative estimate of drug-likeness (QED) is 0.316. The number of benzene rings is 2. The number of aromatic nitrogens is 4. The number of hydrogen-bond acceptors (Lipinski definition) is 7. The van der Waals surface area contributed by atoms with Crippen molar-refractivity contribution in [2.24, 2.45) is 0 Å². The Morgan fingerprint density at radius 1 is 1.10 bits per heavy atom. The van der Waals surface area contributed by atoms with Gasteiger partial charge in [-0.2, -0.15) is 0 Å². The molecule has 7 nitrogen and oxygen atoms in total. The minimum Gasteiger partial charge on any atom is -0.325 e. The van der Waals surface area contributed by atoms with Gasteiger partial charge in [-0.15, -0.1) is 16.4 Å². The highest BCUT2D eigenvalue weighted by atomic mass is 32.2. The highest BCUT2D eigenvalue weighted by Crippen LogP contribution is 2.35. The van der Waals surface area contributed by atoms with Crippen LogP contribution in [0.5, 0.6) is 0 Å². The van der Waals surface area contributed by atoms with Crippen molar-refractivity contribution in [3.8, 4) is 0 Å². The Bertz CT molecular complexity index is 1180. The average molecular weight is 450 g/mol. The standard InChI is InChI=1S/C22H19N5O2S2/c1-15(28)17-9-5-10-18(13-17)23-21(29)20(16-7-3-2-4-8-16)31-22-24-25-26-27(22)14-19-11-6-12-30-19/h2-13,20H,14H2,1H3,(H,23,29)/t20-/m0/s1. The lowest BCUT2D eigenvalue weighted by Crippen LogP contribution is -2.20. The highest BCUT2D eigenvalue weighted by molar-refractivity contribution is 8.00. The summed E-state index contributed by atoms with van der Waals surface area (Å²) < 4.78 is 1.69. The van der Waals surface area contributed by atoms with Crippen LogP contribution >= 0.6 is 23.1 Å². The number of hydrogen-bond donors (Lipinski definition) is 1. The summed E-state index contributed by atoms with van der Waals surface area (Å²) >= 11 is 2.91. The molecule has 2 aromatic carbocycles. The summed E-state index contributed by atoms with van der Waals surface area (Å²) in [5.74, 6) is -0.277. The van der Waals surface area contributed by atoms with Crippen LogP contribution in [0.15, 0.2) is 77.3 Å². The summed E-state index contributed by atoms with van der Waals surface area (Å²) in [6.07, 6.45) is 0. The molecule has 0 aliphatic heterocycles. The third-order valence-electron chi connectivity index (χ3n) is 4.49. The number of nitrogens with one attached hydrogen (secondary N) is 1. The number of thioether (sulfide) groups is 1. The molecule has 0 saturated carbocycles. The molecule has 0 spiro atoms. The van der Waals surface area contributed by atoms with Crippen molar-refractivity contribution in [1.82, 2.24) is 20.2 Å². The van der Waals surface area contributed by atoms with Crippen LogP contribution < -0.4 is 5.32 Å².